The maximum Gasteiger partial charge on any atom is 0.0818 e. The summed E-state index contributed by atoms with van der Waals surface area (Å²) in [4.78, 5) is 10.6. The first-order valence-corrected chi connectivity index (χ1v) is 10.7. The van der Waals surface area contributed by atoms with E-state index in [1.54, 1.807) is 11.3 Å². The fourth-order valence-corrected chi connectivity index (χ4v) is 5.61. The minimum atomic E-state index is 0.755. The van der Waals surface area contributed by atoms with Crippen LogP contribution in [0.2, 0.25) is 0 Å². The Labute approximate surface area is 160 Å². The lowest BCUT2D eigenvalue weighted by atomic mass is 10.1. The summed E-state index contributed by atoms with van der Waals surface area (Å²) in [7, 11) is 0. The van der Waals surface area contributed by atoms with E-state index in [-0.39, 0.29) is 0 Å². The summed E-state index contributed by atoms with van der Waals surface area (Å²) < 4.78 is 1.19. The second kappa shape index (κ2) is 6.56. The van der Waals surface area contributed by atoms with E-state index in [1.165, 1.54) is 35.3 Å². The predicted molar refractivity (Wildman–Crippen MR) is 113 cm³/mol. The molecule has 5 heteroatoms. The number of aromatic nitrogens is 2. The van der Waals surface area contributed by atoms with Gasteiger partial charge >= 0.3 is 0 Å². The van der Waals surface area contributed by atoms with Crippen molar-refractivity contribution >= 4 is 49.9 Å². The van der Waals surface area contributed by atoms with E-state index in [2.05, 4.69) is 41.4 Å². The van der Waals surface area contributed by atoms with Gasteiger partial charge in [-0.3, -0.25) is 0 Å². The Kier molecular flexibility index (Phi) is 4.06. The fraction of sp³-hybridized carbons (Fsp3) is 0.238. The van der Waals surface area contributed by atoms with Crippen LogP contribution in [-0.2, 0) is 0 Å². The second-order valence-corrected chi connectivity index (χ2v) is 9.09. The second-order valence-electron chi connectivity index (χ2n) is 6.83. The van der Waals surface area contributed by atoms with Gasteiger partial charge in [-0.15, -0.1) is 23.1 Å². The van der Waals surface area contributed by atoms with Gasteiger partial charge in [0.25, 0.3) is 0 Å². The van der Waals surface area contributed by atoms with Gasteiger partial charge in [-0.2, -0.15) is 0 Å². The zero-order valence-corrected chi connectivity index (χ0v) is 15.9. The third-order valence-electron chi connectivity index (χ3n) is 5.04. The van der Waals surface area contributed by atoms with E-state index >= 15 is 0 Å². The van der Waals surface area contributed by atoms with E-state index in [0.29, 0.717) is 0 Å². The molecule has 0 unspecified atom stereocenters. The van der Waals surface area contributed by atoms with Crippen molar-refractivity contribution in [2.45, 2.75) is 35.8 Å². The van der Waals surface area contributed by atoms with Crippen molar-refractivity contribution in [1.82, 2.24) is 9.97 Å². The predicted octanol–water partition coefficient (Wildman–Crippen LogP) is 6.13. The Hall–Kier alpha value is -2.11. The first-order chi connectivity index (χ1) is 12.8. The van der Waals surface area contributed by atoms with E-state index < -0.39 is 0 Å². The SMILES string of the molecule is Nc1cc(-c2ccc3scnc3c2)nc2ccc(SC3CCCC3)cc12. The van der Waals surface area contributed by atoms with Gasteiger partial charge in [-0.25, -0.2) is 9.97 Å². The Balaban J connectivity index is 1.53. The molecule has 1 aliphatic carbocycles. The summed E-state index contributed by atoms with van der Waals surface area (Å²) in [5.74, 6) is 0. The number of benzene rings is 2. The summed E-state index contributed by atoms with van der Waals surface area (Å²) in [6.45, 7) is 0. The molecule has 2 heterocycles. The van der Waals surface area contributed by atoms with Crippen LogP contribution in [0, 0.1) is 0 Å². The Bertz CT molecular complexity index is 1100. The number of thioether (sulfide) groups is 1. The molecule has 4 aromatic rings. The van der Waals surface area contributed by atoms with E-state index in [1.807, 2.05) is 23.3 Å². The summed E-state index contributed by atoms with van der Waals surface area (Å²) in [5, 5.41) is 1.80. The number of nitrogen functional groups attached to an aromatic ring is 1. The fourth-order valence-electron chi connectivity index (χ4n) is 3.67. The molecule has 26 heavy (non-hydrogen) atoms. The van der Waals surface area contributed by atoms with Gasteiger partial charge in [-0.1, -0.05) is 18.9 Å². The molecule has 1 saturated carbocycles. The van der Waals surface area contributed by atoms with Crippen LogP contribution in [0.1, 0.15) is 25.7 Å². The Morgan fingerprint density at radius 2 is 1.88 bits per heavy atom. The third-order valence-corrected chi connectivity index (χ3v) is 7.18. The summed E-state index contributed by atoms with van der Waals surface area (Å²) in [5.41, 5.74) is 13.0. The molecule has 0 saturated heterocycles. The topological polar surface area (TPSA) is 51.8 Å². The average molecular weight is 378 g/mol. The minimum absolute atomic E-state index is 0.755. The number of anilines is 1. The third kappa shape index (κ3) is 2.95. The van der Waals surface area contributed by atoms with Crippen molar-refractivity contribution in [2.75, 3.05) is 5.73 Å². The lowest BCUT2D eigenvalue weighted by Crippen LogP contribution is -1.95. The van der Waals surface area contributed by atoms with Crippen molar-refractivity contribution in [3.05, 3.63) is 48.0 Å². The molecular weight excluding hydrogens is 358 g/mol. The molecule has 0 spiro atoms. The molecule has 5 rings (SSSR count). The van der Waals surface area contributed by atoms with Crippen molar-refractivity contribution in [1.29, 1.82) is 0 Å². The number of hydrogen-bond donors (Lipinski definition) is 1. The molecule has 0 atom stereocenters. The molecule has 130 valence electrons. The largest absolute Gasteiger partial charge is 0.398 e. The monoisotopic (exact) mass is 377 g/mol. The lowest BCUT2D eigenvalue weighted by molar-refractivity contribution is 0.886. The highest BCUT2D eigenvalue weighted by Crippen LogP contribution is 2.37. The minimum Gasteiger partial charge on any atom is -0.398 e. The van der Waals surface area contributed by atoms with Gasteiger partial charge in [0.15, 0.2) is 0 Å². The van der Waals surface area contributed by atoms with Crippen molar-refractivity contribution in [2.24, 2.45) is 0 Å². The van der Waals surface area contributed by atoms with Crippen LogP contribution < -0.4 is 5.73 Å². The zero-order valence-electron chi connectivity index (χ0n) is 14.3. The lowest BCUT2D eigenvalue weighted by Gasteiger charge is -2.11. The molecule has 1 aliphatic rings. The van der Waals surface area contributed by atoms with Crippen molar-refractivity contribution in [3.8, 4) is 11.3 Å². The average Bonchev–Trinajstić information content (AvgIpc) is 3.33. The van der Waals surface area contributed by atoms with Crippen LogP contribution in [0.15, 0.2) is 52.9 Å². The van der Waals surface area contributed by atoms with Gasteiger partial charge in [-0.05, 0) is 49.2 Å². The molecule has 0 aliphatic heterocycles. The standard InChI is InChI=1S/C21H19N3S2/c22-17-11-19(13-5-8-21-20(9-13)23-12-25-21)24-18-7-6-15(10-16(17)18)26-14-3-1-2-4-14/h5-12,14H,1-4H2,(H2,22,24). The highest BCUT2D eigenvalue weighted by atomic mass is 32.2. The van der Waals surface area contributed by atoms with Crippen molar-refractivity contribution < 1.29 is 0 Å². The molecule has 0 amide bonds. The Morgan fingerprint density at radius 1 is 1.00 bits per heavy atom. The summed E-state index contributed by atoms with van der Waals surface area (Å²) in [6, 6.07) is 14.8. The van der Waals surface area contributed by atoms with Gasteiger partial charge in [0, 0.05) is 26.8 Å². The summed E-state index contributed by atoms with van der Waals surface area (Å²) in [6.07, 6.45) is 5.38. The van der Waals surface area contributed by atoms with Gasteiger partial charge in [0.05, 0.1) is 26.9 Å². The molecule has 2 aromatic carbocycles. The zero-order chi connectivity index (χ0) is 17.5. The number of hydrogen-bond acceptors (Lipinski definition) is 5. The smallest absolute Gasteiger partial charge is 0.0818 e. The summed E-state index contributed by atoms with van der Waals surface area (Å²) >= 11 is 3.64. The van der Waals surface area contributed by atoms with Crippen LogP contribution in [0.3, 0.4) is 0 Å². The van der Waals surface area contributed by atoms with Crippen LogP contribution in [-0.4, -0.2) is 15.2 Å². The molecule has 2 aromatic heterocycles. The van der Waals surface area contributed by atoms with E-state index in [9.17, 15) is 0 Å². The maximum atomic E-state index is 6.40. The number of thiazole rings is 1. The first kappa shape index (κ1) is 16.1. The number of nitrogens with two attached hydrogens (primary N) is 1. The van der Waals surface area contributed by atoms with Crippen LogP contribution >= 0.6 is 23.1 Å². The quantitative estimate of drug-likeness (QED) is 0.467. The van der Waals surface area contributed by atoms with E-state index in [0.717, 1.165) is 38.6 Å². The molecule has 3 nitrogen and oxygen atoms in total. The van der Waals surface area contributed by atoms with Crippen LogP contribution in [0.25, 0.3) is 32.4 Å². The highest BCUT2D eigenvalue weighted by molar-refractivity contribution is 8.00. The first-order valence-electron chi connectivity index (χ1n) is 8.97. The number of pyridine rings is 1. The van der Waals surface area contributed by atoms with Crippen LogP contribution in [0.5, 0.6) is 0 Å². The van der Waals surface area contributed by atoms with Gasteiger partial charge in [0.2, 0.25) is 0 Å². The van der Waals surface area contributed by atoms with Crippen LogP contribution in [0.4, 0.5) is 5.69 Å². The highest BCUT2D eigenvalue weighted by Gasteiger charge is 2.16. The Morgan fingerprint density at radius 3 is 2.77 bits per heavy atom. The van der Waals surface area contributed by atoms with Gasteiger partial charge < -0.3 is 5.73 Å². The number of fused-ring (bicyclic) bond motifs is 2. The van der Waals surface area contributed by atoms with Crippen molar-refractivity contribution in [3.63, 3.8) is 0 Å². The number of rotatable bonds is 3. The maximum absolute atomic E-state index is 6.40. The molecule has 1 fully saturated rings. The van der Waals surface area contributed by atoms with Gasteiger partial charge in [0.1, 0.15) is 0 Å². The molecule has 0 bridgehead atoms. The number of nitrogens with zero attached hydrogens (tertiary/aromatic N) is 2. The molecule has 0 radical (unpaired) electrons. The molecule has 2 N–H and O–H groups in total. The molecular formula is C21H19N3S2. The normalized spacial score (nSPS) is 15.2. The van der Waals surface area contributed by atoms with E-state index in [4.69, 9.17) is 10.7 Å².